The van der Waals surface area contributed by atoms with E-state index in [0.717, 1.165) is 0 Å². The third-order valence-electron chi connectivity index (χ3n) is 2.53. The van der Waals surface area contributed by atoms with Gasteiger partial charge in [-0.05, 0) is 36.6 Å². The molecule has 0 aliphatic rings. The molecule has 0 fully saturated rings. The summed E-state index contributed by atoms with van der Waals surface area (Å²) in [5, 5.41) is 17.6. The molecule has 1 unspecified atom stereocenters. The normalized spacial score (nSPS) is 13.0. The van der Waals surface area contributed by atoms with E-state index < -0.39 is 10.0 Å². The third kappa shape index (κ3) is 3.53. The minimum atomic E-state index is -3.59. The highest BCUT2D eigenvalue weighted by Gasteiger charge is 2.17. The predicted octanol–water partition coefficient (Wildman–Crippen LogP) is 0.773. The number of rotatable bonds is 5. The molecule has 18 heavy (non-hydrogen) atoms. The van der Waals surface area contributed by atoms with Gasteiger partial charge in [0.1, 0.15) is 0 Å². The number of nitrogens with zero attached hydrogens (tertiary/aromatic N) is 1. The lowest BCUT2D eigenvalue weighted by molar-refractivity contribution is 0.238. The SMILES string of the molecule is Cc1cc(C#N)ccc1S(=O)(=O)NCC(C)CO. The van der Waals surface area contributed by atoms with E-state index in [1.165, 1.54) is 18.2 Å². The molecule has 1 aromatic carbocycles. The van der Waals surface area contributed by atoms with Gasteiger partial charge in [-0.15, -0.1) is 0 Å². The first-order valence-corrected chi connectivity index (χ1v) is 7.00. The molecule has 2 N–H and O–H groups in total. The molecule has 1 rings (SSSR count). The quantitative estimate of drug-likeness (QED) is 0.825. The van der Waals surface area contributed by atoms with E-state index in [4.69, 9.17) is 10.4 Å². The Labute approximate surface area is 107 Å². The first-order valence-electron chi connectivity index (χ1n) is 5.52. The molecule has 1 atom stereocenters. The molecule has 5 nitrogen and oxygen atoms in total. The summed E-state index contributed by atoms with van der Waals surface area (Å²) in [5.41, 5.74) is 0.952. The van der Waals surface area contributed by atoms with Crippen molar-refractivity contribution < 1.29 is 13.5 Å². The topological polar surface area (TPSA) is 90.2 Å². The Kier molecular flexibility index (Phi) is 4.84. The number of hydrogen-bond acceptors (Lipinski definition) is 4. The Morgan fingerprint density at radius 1 is 1.50 bits per heavy atom. The van der Waals surface area contributed by atoms with E-state index in [1.54, 1.807) is 13.8 Å². The van der Waals surface area contributed by atoms with Crippen molar-refractivity contribution in [2.75, 3.05) is 13.2 Å². The zero-order valence-electron chi connectivity index (χ0n) is 10.3. The van der Waals surface area contributed by atoms with E-state index in [0.29, 0.717) is 11.1 Å². The standard InChI is InChI=1S/C12H16N2O3S/c1-9(8-15)7-14-18(16,17)12-4-3-11(6-13)5-10(12)2/h3-5,9,14-15H,7-8H2,1-2H3. The van der Waals surface area contributed by atoms with Crippen LogP contribution >= 0.6 is 0 Å². The number of hydrogen-bond donors (Lipinski definition) is 2. The molecule has 0 bridgehead atoms. The molecule has 0 saturated heterocycles. The van der Waals surface area contributed by atoms with Gasteiger partial charge < -0.3 is 5.11 Å². The van der Waals surface area contributed by atoms with Crippen molar-refractivity contribution in [3.8, 4) is 6.07 Å². The number of nitriles is 1. The van der Waals surface area contributed by atoms with Gasteiger partial charge in [0.15, 0.2) is 0 Å². The third-order valence-corrected chi connectivity index (χ3v) is 4.11. The number of nitrogens with one attached hydrogen (secondary N) is 1. The highest BCUT2D eigenvalue weighted by atomic mass is 32.2. The fraction of sp³-hybridized carbons (Fsp3) is 0.417. The highest BCUT2D eigenvalue weighted by molar-refractivity contribution is 7.89. The molecule has 1 aromatic rings. The van der Waals surface area contributed by atoms with Gasteiger partial charge in [-0.1, -0.05) is 6.92 Å². The highest BCUT2D eigenvalue weighted by Crippen LogP contribution is 2.16. The summed E-state index contributed by atoms with van der Waals surface area (Å²) >= 11 is 0. The van der Waals surface area contributed by atoms with E-state index in [2.05, 4.69) is 4.72 Å². The van der Waals surface area contributed by atoms with Crippen LogP contribution in [0.3, 0.4) is 0 Å². The zero-order chi connectivity index (χ0) is 13.8. The van der Waals surface area contributed by atoms with Crippen LogP contribution in [0.15, 0.2) is 23.1 Å². The van der Waals surface area contributed by atoms with Crippen molar-refractivity contribution in [1.29, 1.82) is 5.26 Å². The summed E-state index contributed by atoms with van der Waals surface area (Å²) in [5.74, 6) is -0.140. The van der Waals surface area contributed by atoms with Crippen LogP contribution < -0.4 is 4.72 Å². The summed E-state index contributed by atoms with van der Waals surface area (Å²) in [6, 6.07) is 6.38. The Morgan fingerprint density at radius 2 is 2.17 bits per heavy atom. The van der Waals surface area contributed by atoms with Crippen molar-refractivity contribution in [3.63, 3.8) is 0 Å². The van der Waals surface area contributed by atoms with Crippen molar-refractivity contribution in [1.82, 2.24) is 4.72 Å². The van der Waals surface area contributed by atoms with Crippen molar-refractivity contribution >= 4 is 10.0 Å². The molecule has 0 amide bonds. The van der Waals surface area contributed by atoms with Gasteiger partial charge in [-0.2, -0.15) is 5.26 Å². The maximum absolute atomic E-state index is 12.0. The van der Waals surface area contributed by atoms with Crippen LogP contribution in [0, 0.1) is 24.2 Å². The molecule has 0 aliphatic carbocycles. The molecular weight excluding hydrogens is 252 g/mol. The first-order chi connectivity index (χ1) is 8.40. The fourth-order valence-electron chi connectivity index (χ4n) is 1.41. The number of aliphatic hydroxyl groups excluding tert-OH is 1. The molecule has 0 saturated carbocycles. The molecule has 0 spiro atoms. The lowest BCUT2D eigenvalue weighted by atomic mass is 10.2. The summed E-state index contributed by atoms with van der Waals surface area (Å²) in [7, 11) is -3.59. The Morgan fingerprint density at radius 3 is 2.67 bits per heavy atom. The summed E-state index contributed by atoms with van der Waals surface area (Å²) < 4.78 is 26.4. The Hall–Kier alpha value is -1.42. The summed E-state index contributed by atoms with van der Waals surface area (Å²) in [6.45, 7) is 3.49. The van der Waals surface area contributed by atoms with Gasteiger partial charge in [-0.3, -0.25) is 0 Å². The number of aliphatic hydroxyl groups is 1. The van der Waals surface area contributed by atoms with Crippen LogP contribution in [0.25, 0.3) is 0 Å². The van der Waals surface area contributed by atoms with Gasteiger partial charge in [0.05, 0.1) is 16.5 Å². The van der Waals surface area contributed by atoms with Crippen LogP contribution in [0.1, 0.15) is 18.1 Å². The number of sulfonamides is 1. The van der Waals surface area contributed by atoms with Crippen molar-refractivity contribution in [2.45, 2.75) is 18.7 Å². The van der Waals surface area contributed by atoms with Gasteiger partial charge in [0, 0.05) is 13.2 Å². The maximum Gasteiger partial charge on any atom is 0.240 e. The van der Waals surface area contributed by atoms with E-state index in [9.17, 15) is 8.42 Å². The van der Waals surface area contributed by atoms with E-state index >= 15 is 0 Å². The first kappa shape index (κ1) is 14.6. The minimum Gasteiger partial charge on any atom is -0.396 e. The summed E-state index contributed by atoms with van der Waals surface area (Å²) in [6.07, 6.45) is 0. The maximum atomic E-state index is 12.0. The fourth-order valence-corrected chi connectivity index (χ4v) is 2.80. The van der Waals surface area contributed by atoms with Gasteiger partial charge >= 0.3 is 0 Å². The molecule has 0 aliphatic heterocycles. The molecule has 0 heterocycles. The molecule has 0 radical (unpaired) electrons. The van der Waals surface area contributed by atoms with Gasteiger partial charge in [0.2, 0.25) is 10.0 Å². The number of aryl methyl sites for hydroxylation is 1. The lowest BCUT2D eigenvalue weighted by Crippen LogP contribution is -2.30. The average Bonchev–Trinajstić information content (AvgIpc) is 2.35. The summed E-state index contributed by atoms with van der Waals surface area (Å²) in [4.78, 5) is 0.159. The second kappa shape index (κ2) is 5.96. The number of benzene rings is 1. The van der Waals surface area contributed by atoms with Gasteiger partial charge in [0.25, 0.3) is 0 Å². The monoisotopic (exact) mass is 268 g/mol. The van der Waals surface area contributed by atoms with Crippen LogP contribution in [-0.4, -0.2) is 26.7 Å². The van der Waals surface area contributed by atoms with Crippen LogP contribution in [0.4, 0.5) is 0 Å². The van der Waals surface area contributed by atoms with Crippen LogP contribution in [0.2, 0.25) is 0 Å². The van der Waals surface area contributed by atoms with Crippen molar-refractivity contribution in [3.05, 3.63) is 29.3 Å². The second-order valence-electron chi connectivity index (χ2n) is 4.23. The molecule has 6 heteroatoms. The molecule has 98 valence electrons. The zero-order valence-corrected chi connectivity index (χ0v) is 11.2. The van der Waals surface area contributed by atoms with E-state index in [1.807, 2.05) is 6.07 Å². The largest absolute Gasteiger partial charge is 0.396 e. The second-order valence-corrected chi connectivity index (χ2v) is 5.97. The molecule has 0 aromatic heterocycles. The lowest BCUT2D eigenvalue weighted by Gasteiger charge is -2.12. The van der Waals surface area contributed by atoms with E-state index in [-0.39, 0.29) is 24.0 Å². The predicted molar refractivity (Wildman–Crippen MR) is 67.3 cm³/mol. The average molecular weight is 268 g/mol. The van der Waals surface area contributed by atoms with Gasteiger partial charge in [-0.25, -0.2) is 13.1 Å². The van der Waals surface area contributed by atoms with Crippen LogP contribution in [-0.2, 0) is 10.0 Å². The van der Waals surface area contributed by atoms with Crippen LogP contribution in [0.5, 0.6) is 0 Å². The van der Waals surface area contributed by atoms with Crippen molar-refractivity contribution in [2.24, 2.45) is 5.92 Å². The Balaban J connectivity index is 2.96. The molecular formula is C12H16N2O3S. The smallest absolute Gasteiger partial charge is 0.240 e. The minimum absolute atomic E-state index is 0.0745. The Bertz CT molecular complexity index is 561.